The van der Waals surface area contributed by atoms with Crippen molar-refractivity contribution in [2.24, 2.45) is 0 Å². The second kappa shape index (κ2) is 17.3. The van der Waals surface area contributed by atoms with Crippen LogP contribution in [0.1, 0.15) is 56.8 Å². The van der Waals surface area contributed by atoms with Crippen molar-refractivity contribution < 1.29 is 28.5 Å². The lowest BCUT2D eigenvalue weighted by atomic mass is 10.1. The monoisotopic (exact) mass is 618 g/mol. The first-order valence-electron chi connectivity index (χ1n) is 15.8. The van der Waals surface area contributed by atoms with E-state index in [9.17, 15) is 9.59 Å². The van der Waals surface area contributed by atoms with Crippen LogP contribution in [0.25, 0.3) is 0 Å². The Morgan fingerprint density at radius 1 is 0.844 bits per heavy atom. The first kappa shape index (κ1) is 33.6. The predicted octanol–water partition coefficient (Wildman–Crippen LogP) is 6.93. The molecule has 0 atom stereocenters. The SMILES string of the molecule is CCOCCN1CCC(Oc2ccc(C(=O)Nc3ccc(Oc4ccc(NC(=O)NC(CC)CC)cc4OC)cc3)cc2)CC1. The molecule has 0 saturated carbocycles. The van der Waals surface area contributed by atoms with Gasteiger partial charge in [0.2, 0.25) is 0 Å². The molecule has 1 heterocycles. The van der Waals surface area contributed by atoms with Crippen molar-refractivity contribution in [1.29, 1.82) is 0 Å². The zero-order chi connectivity index (χ0) is 32.0. The topological polar surface area (TPSA) is 110 Å². The summed E-state index contributed by atoms with van der Waals surface area (Å²) < 4.78 is 23.1. The molecule has 3 aromatic carbocycles. The van der Waals surface area contributed by atoms with Crippen LogP contribution >= 0.6 is 0 Å². The fraction of sp³-hybridized carbons (Fsp3) is 0.429. The van der Waals surface area contributed by atoms with E-state index >= 15 is 0 Å². The molecule has 1 aliphatic heterocycles. The maximum Gasteiger partial charge on any atom is 0.319 e. The highest BCUT2D eigenvalue weighted by Crippen LogP contribution is 2.34. The number of urea groups is 1. The molecule has 1 aliphatic rings. The third kappa shape index (κ3) is 10.4. The van der Waals surface area contributed by atoms with E-state index < -0.39 is 0 Å². The van der Waals surface area contributed by atoms with Crippen molar-refractivity contribution in [3.05, 3.63) is 72.3 Å². The molecule has 10 nitrogen and oxygen atoms in total. The van der Waals surface area contributed by atoms with Gasteiger partial charge in [-0.25, -0.2) is 4.79 Å². The van der Waals surface area contributed by atoms with Gasteiger partial charge in [-0.3, -0.25) is 4.79 Å². The van der Waals surface area contributed by atoms with Gasteiger partial charge in [-0.05, 0) is 93.3 Å². The van der Waals surface area contributed by atoms with Gasteiger partial charge < -0.3 is 39.8 Å². The second-order valence-electron chi connectivity index (χ2n) is 10.9. The van der Waals surface area contributed by atoms with Gasteiger partial charge >= 0.3 is 6.03 Å². The number of hydrogen-bond acceptors (Lipinski definition) is 7. The first-order valence-corrected chi connectivity index (χ1v) is 15.8. The average Bonchev–Trinajstić information content (AvgIpc) is 3.06. The number of benzene rings is 3. The molecule has 242 valence electrons. The Kier molecular flexibility index (Phi) is 12.9. The van der Waals surface area contributed by atoms with Crippen LogP contribution in [0.2, 0.25) is 0 Å². The van der Waals surface area contributed by atoms with Gasteiger partial charge in [0.05, 0.1) is 13.7 Å². The van der Waals surface area contributed by atoms with Crippen LogP contribution in [0.4, 0.5) is 16.2 Å². The predicted molar refractivity (Wildman–Crippen MR) is 177 cm³/mol. The maximum absolute atomic E-state index is 12.9. The lowest BCUT2D eigenvalue weighted by Gasteiger charge is -2.32. The Labute approximate surface area is 266 Å². The summed E-state index contributed by atoms with van der Waals surface area (Å²) in [5, 5.41) is 8.71. The Morgan fingerprint density at radius 3 is 2.16 bits per heavy atom. The van der Waals surface area contributed by atoms with Gasteiger partial charge in [-0.2, -0.15) is 0 Å². The number of nitrogens with one attached hydrogen (secondary N) is 3. The van der Waals surface area contributed by atoms with E-state index in [1.54, 1.807) is 61.7 Å². The van der Waals surface area contributed by atoms with E-state index in [0.29, 0.717) is 34.2 Å². The van der Waals surface area contributed by atoms with Gasteiger partial charge in [-0.15, -0.1) is 0 Å². The number of rotatable bonds is 15. The molecule has 3 amide bonds. The van der Waals surface area contributed by atoms with Crippen molar-refractivity contribution >= 4 is 23.3 Å². The highest BCUT2D eigenvalue weighted by atomic mass is 16.5. The first-order chi connectivity index (χ1) is 21.9. The number of piperidine rings is 1. The van der Waals surface area contributed by atoms with Crippen molar-refractivity contribution in [3.8, 4) is 23.0 Å². The maximum atomic E-state index is 12.9. The number of carbonyl (C=O) groups is 2. The average molecular weight is 619 g/mol. The minimum Gasteiger partial charge on any atom is -0.493 e. The Balaban J connectivity index is 1.25. The third-order valence-electron chi connectivity index (χ3n) is 7.79. The highest BCUT2D eigenvalue weighted by Gasteiger charge is 2.20. The summed E-state index contributed by atoms with van der Waals surface area (Å²) in [5.41, 5.74) is 1.77. The summed E-state index contributed by atoms with van der Waals surface area (Å²) in [6.07, 6.45) is 3.85. The van der Waals surface area contributed by atoms with Crippen molar-refractivity contribution in [1.82, 2.24) is 10.2 Å². The lowest BCUT2D eigenvalue weighted by Crippen LogP contribution is -2.39. The molecule has 0 spiro atoms. The molecular formula is C35H46N4O6. The molecule has 0 aromatic heterocycles. The molecule has 3 aromatic rings. The molecule has 0 aliphatic carbocycles. The van der Waals surface area contributed by atoms with E-state index in [2.05, 4.69) is 20.9 Å². The third-order valence-corrected chi connectivity index (χ3v) is 7.79. The minimum absolute atomic E-state index is 0.123. The molecular weight excluding hydrogens is 572 g/mol. The van der Waals surface area contributed by atoms with Gasteiger partial charge in [0.15, 0.2) is 11.5 Å². The number of nitrogens with zero attached hydrogens (tertiary/aromatic N) is 1. The lowest BCUT2D eigenvalue weighted by molar-refractivity contribution is 0.0691. The van der Waals surface area contributed by atoms with Crippen LogP contribution in [0.5, 0.6) is 23.0 Å². The van der Waals surface area contributed by atoms with Gasteiger partial charge in [-0.1, -0.05) is 13.8 Å². The molecule has 1 fully saturated rings. The summed E-state index contributed by atoms with van der Waals surface area (Å²) in [7, 11) is 1.54. The summed E-state index contributed by atoms with van der Waals surface area (Å²) >= 11 is 0. The number of hydrogen-bond donors (Lipinski definition) is 3. The molecule has 0 radical (unpaired) electrons. The van der Waals surface area contributed by atoms with E-state index in [0.717, 1.165) is 64.3 Å². The number of amides is 3. The normalized spacial score (nSPS) is 13.7. The van der Waals surface area contributed by atoms with Crippen LogP contribution < -0.4 is 30.2 Å². The van der Waals surface area contributed by atoms with Crippen LogP contribution in [0.15, 0.2) is 66.7 Å². The van der Waals surface area contributed by atoms with Gasteiger partial charge in [0.25, 0.3) is 5.91 Å². The number of anilines is 2. The Bertz CT molecular complexity index is 1350. The van der Waals surface area contributed by atoms with E-state index in [1.807, 2.05) is 32.9 Å². The van der Waals surface area contributed by atoms with Crippen molar-refractivity contribution in [2.75, 3.05) is 50.6 Å². The number of likely N-dealkylation sites (tertiary alicyclic amines) is 1. The van der Waals surface area contributed by atoms with Gasteiger partial charge in [0.1, 0.15) is 17.6 Å². The molecule has 0 unspecified atom stereocenters. The van der Waals surface area contributed by atoms with Crippen molar-refractivity contribution in [2.45, 2.75) is 58.6 Å². The number of methoxy groups -OCH3 is 1. The zero-order valence-corrected chi connectivity index (χ0v) is 26.8. The van der Waals surface area contributed by atoms with Crippen LogP contribution in [0, 0.1) is 0 Å². The molecule has 1 saturated heterocycles. The van der Waals surface area contributed by atoms with E-state index in [4.69, 9.17) is 18.9 Å². The summed E-state index contributed by atoms with van der Waals surface area (Å²) in [6.45, 7) is 10.6. The van der Waals surface area contributed by atoms with Gasteiger partial charge in [0, 0.05) is 55.3 Å². The highest BCUT2D eigenvalue weighted by molar-refractivity contribution is 6.04. The molecule has 0 bridgehead atoms. The quantitative estimate of drug-likeness (QED) is 0.159. The van der Waals surface area contributed by atoms with Crippen LogP contribution in [-0.2, 0) is 4.74 Å². The second-order valence-corrected chi connectivity index (χ2v) is 10.9. The zero-order valence-electron chi connectivity index (χ0n) is 26.8. The molecule has 4 rings (SSSR count). The van der Waals surface area contributed by atoms with Crippen LogP contribution in [0.3, 0.4) is 0 Å². The smallest absolute Gasteiger partial charge is 0.319 e. The molecule has 10 heteroatoms. The molecule has 3 N–H and O–H groups in total. The summed E-state index contributed by atoms with van der Waals surface area (Å²) in [5.74, 6) is 2.10. The van der Waals surface area contributed by atoms with E-state index in [1.165, 1.54) is 0 Å². The summed E-state index contributed by atoms with van der Waals surface area (Å²) in [4.78, 5) is 27.6. The van der Waals surface area contributed by atoms with E-state index in [-0.39, 0.29) is 24.1 Å². The van der Waals surface area contributed by atoms with Crippen LogP contribution in [-0.4, -0.2) is 68.9 Å². The summed E-state index contributed by atoms with van der Waals surface area (Å²) in [6, 6.07) is 19.4. The molecule has 45 heavy (non-hydrogen) atoms. The Hall–Kier alpha value is -4.28. The Morgan fingerprint density at radius 2 is 1.51 bits per heavy atom. The fourth-order valence-corrected chi connectivity index (χ4v) is 5.08. The van der Waals surface area contributed by atoms with Crippen molar-refractivity contribution in [3.63, 3.8) is 0 Å². The fourth-order valence-electron chi connectivity index (χ4n) is 5.08. The standard InChI is InChI=1S/C35H46N4O6/c1-5-26(6-2)37-35(41)38-28-12-17-32(33(24-28)42-4)45-30-15-10-27(11-16-30)36-34(40)25-8-13-29(14-9-25)44-31-18-20-39(21-19-31)22-23-43-7-3/h8-17,24,26,31H,5-7,18-23H2,1-4H3,(H,36,40)(H2,37,38,41). The number of ether oxygens (including phenoxy) is 4. The minimum atomic E-state index is -0.262. The number of carbonyl (C=O) groups excluding carboxylic acids is 2. The largest absolute Gasteiger partial charge is 0.493 e.